The summed E-state index contributed by atoms with van der Waals surface area (Å²) in [6.45, 7) is 0. The Kier molecular flexibility index (Phi) is 4.33. The van der Waals surface area contributed by atoms with Gasteiger partial charge >= 0.3 is 6.36 Å². The third kappa shape index (κ3) is 3.94. The molecule has 0 saturated heterocycles. The summed E-state index contributed by atoms with van der Waals surface area (Å²) in [5, 5.41) is 13.3. The minimum atomic E-state index is -5.60. The van der Waals surface area contributed by atoms with E-state index in [0.29, 0.717) is 0 Å². The molecule has 0 amide bonds. The molecule has 1 heterocycles. The first kappa shape index (κ1) is 17.0. The predicted molar refractivity (Wildman–Crippen MR) is 53.9 cm³/mol. The molecule has 0 aliphatic carbocycles. The quantitative estimate of drug-likeness (QED) is 0.504. The second-order valence-corrected chi connectivity index (χ2v) is 4.82. The van der Waals surface area contributed by atoms with Crippen LogP contribution in [0, 0.1) is 10.1 Å². The molecule has 0 spiro atoms. The average molecular weight is 337 g/mol. The predicted octanol–water partition coefficient (Wildman–Crippen LogP) is 1.47. The molecular formula is C7H4F5N3O5S. The number of pyridine rings is 1. The molecule has 0 radical (unpaired) electrons. The van der Waals surface area contributed by atoms with Gasteiger partial charge in [-0.3, -0.25) is 10.1 Å². The number of ether oxygens (including phenoxy) is 1. The van der Waals surface area contributed by atoms with Gasteiger partial charge in [-0.1, -0.05) is 0 Å². The summed E-state index contributed by atoms with van der Waals surface area (Å²) in [6, 6.07) is 0. The molecular weight excluding hydrogens is 333 g/mol. The Morgan fingerprint density at radius 1 is 1.38 bits per heavy atom. The van der Waals surface area contributed by atoms with Crippen molar-refractivity contribution in [3.05, 3.63) is 21.9 Å². The van der Waals surface area contributed by atoms with Crippen LogP contribution >= 0.6 is 0 Å². The van der Waals surface area contributed by atoms with Gasteiger partial charge in [-0.2, -0.15) is 0 Å². The lowest BCUT2D eigenvalue weighted by Crippen LogP contribution is -2.23. The molecule has 0 unspecified atom stereocenters. The monoisotopic (exact) mass is 337 g/mol. The molecule has 21 heavy (non-hydrogen) atoms. The molecule has 0 aromatic carbocycles. The Balaban J connectivity index is 3.79. The Labute approximate surface area is 112 Å². The number of nitrogens with zero attached hydrogens (tertiary/aromatic N) is 2. The van der Waals surface area contributed by atoms with Crippen LogP contribution in [0.15, 0.2) is 11.2 Å². The van der Waals surface area contributed by atoms with Crippen molar-refractivity contribution >= 4 is 15.7 Å². The third-order valence-corrected chi connectivity index (χ3v) is 2.75. The van der Waals surface area contributed by atoms with Crippen LogP contribution in [-0.4, -0.2) is 24.7 Å². The molecule has 2 N–H and O–H groups in total. The van der Waals surface area contributed by atoms with Crippen LogP contribution in [0.5, 0.6) is 5.75 Å². The Morgan fingerprint density at radius 2 is 1.90 bits per heavy atom. The van der Waals surface area contributed by atoms with E-state index in [1.165, 1.54) is 0 Å². The van der Waals surface area contributed by atoms with E-state index in [2.05, 4.69) is 14.9 Å². The summed E-state index contributed by atoms with van der Waals surface area (Å²) in [4.78, 5) is 11.8. The van der Waals surface area contributed by atoms with Gasteiger partial charge in [0.1, 0.15) is 11.8 Å². The molecule has 0 aliphatic heterocycles. The van der Waals surface area contributed by atoms with Crippen LogP contribution in [0.3, 0.4) is 0 Å². The second kappa shape index (κ2) is 5.36. The Bertz CT molecular complexity index is 674. The number of primary sulfonamides is 1. The van der Waals surface area contributed by atoms with E-state index in [1.54, 1.807) is 0 Å². The van der Waals surface area contributed by atoms with E-state index in [4.69, 9.17) is 0 Å². The summed E-state index contributed by atoms with van der Waals surface area (Å²) >= 11 is 0. The third-order valence-electron chi connectivity index (χ3n) is 1.92. The van der Waals surface area contributed by atoms with E-state index in [-0.39, 0.29) is 6.20 Å². The maximum atomic E-state index is 12.8. The summed E-state index contributed by atoms with van der Waals surface area (Å²) in [5.74, 6) is -2.03. The van der Waals surface area contributed by atoms with Crippen molar-refractivity contribution in [1.29, 1.82) is 0 Å². The molecule has 0 fully saturated rings. The zero-order chi connectivity index (χ0) is 16.6. The Hall–Kier alpha value is -2.09. The van der Waals surface area contributed by atoms with Crippen molar-refractivity contribution in [2.45, 2.75) is 17.8 Å². The lowest BCUT2D eigenvalue weighted by atomic mass is 10.2. The van der Waals surface area contributed by atoms with Gasteiger partial charge in [0.05, 0.1) is 4.92 Å². The molecule has 118 valence electrons. The van der Waals surface area contributed by atoms with Crippen molar-refractivity contribution in [2.75, 3.05) is 0 Å². The molecule has 1 rings (SSSR count). The van der Waals surface area contributed by atoms with Crippen LogP contribution in [0.25, 0.3) is 0 Å². The molecule has 0 aliphatic rings. The minimum absolute atomic E-state index is 0.0461. The van der Waals surface area contributed by atoms with Crippen LogP contribution in [0.4, 0.5) is 27.6 Å². The normalized spacial score (nSPS) is 12.5. The number of nitrogens with two attached hydrogens (primary N) is 1. The molecule has 0 saturated carbocycles. The molecule has 14 heteroatoms. The number of halogens is 5. The van der Waals surface area contributed by atoms with Gasteiger partial charge in [0, 0.05) is 0 Å². The first-order valence-electron chi connectivity index (χ1n) is 4.58. The summed E-state index contributed by atoms with van der Waals surface area (Å²) in [5.41, 5.74) is -3.44. The van der Waals surface area contributed by atoms with E-state index in [1.807, 2.05) is 0 Å². The number of alkyl halides is 5. The van der Waals surface area contributed by atoms with Crippen molar-refractivity contribution in [3.63, 3.8) is 0 Å². The number of sulfonamides is 1. The lowest BCUT2D eigenvalue weighted by Gasteiger charge is -2.15. The second-order valence-electron chi connectivity index (χ2n) is 3.34. The fraction of sp³-hybridized carbons (Fsp3) is 0.286. The first-order valence-corrected chi connectivity index (χ1v) is 6.13. The minimum Gasteiger partial charge on any atom is -0.402 e. The van der Waals surface area contributed by atoms with Gasteiger partial charge in [-0.05, 0) is 0 Å². The fourth-order valence-corrected chi connectivity index (χ4v) is 1.86. The van der Waals surface area contributed by atoms with Crippen molar-refractivity contribution in [2.24, 2.45) is 5.14 Å². The van der Waals surface area contributed by atoms with E-state index < -0.39 is 49.8 Å². The highest BCUT2D eigenvalue weighted by Gasteiger charge is 2.40. The highest BCUT2D eigenvalue weighted by atomic mass is 32.2. The van der Waals surface area contributed by atoms with Crippen molar-refractivity contribution in [1.82, 2.24) is 4.98 Å². The van der Waals surface area contributed by atoms with Gasteiger partial charge in [0.15, 0.2) is 5.75 Å². The van der Waals surface area contributed by atoms with Crippen LogP contribution in [0.1, 0.15) is 12.0 Å². The average Bonchev–Trinajstić information content (AvgIpc) is 2.23. The summed E-state index contributed by atoms with van der Waals surface area (Å²) in [6.07, 6.45) is -9.39. The maximum absolute atomic E-state index is 12.8. The molecule has 1 aromatic heterocycles. The number of nitro groups is 1. The molecule has 1 aromatic rings. The molecule has 8 nitrogen and oxygen atoms in total. The smallest absolute Gasteiger partial charge is 0.402 e. The first-order chi connectivity index (χ1) is 9.34. The van der Waals surface area contributed by atoms with Gasteiger partial charge in [0.25, 0.3) is 22.1 Å². The number of hydrogen-bond acceptors (Lipinski definition) is 6. The molecule has 0 bridgehead atoms. The van der Waals surface area contributed by atoms with Gasteiger partial charge in [-0.25, -0.2) is 27.3 Å². The van der Waals surface area contributed by atoms with Crippen LogP contribution in [0.2, 0.25) is 0 Å². The van der Waals surface area contributed by atoms with E-state index in [0.717, 1.165) is 0 Å². The highest BCUT2D eigenvalue weighted by molar-refractivity contribution is 7.89. The number of aromatic nitrogens is 1. The van der Waals surface area contributed by atoms with E-state index in [9.17, 15) is 40.5 Å². The van der Waals surface area contributed by atoms with Gasteiger partial charge in [0.2, 0.25) is 5.03 Å². The van der Waals surface area contributed by atoms with Gasteiger partial charge < -0.3 is 4.74 Å². The van der Waals surface area contributed by atoms with Crippen LogP contribution in [-0.2, 0) is 10.0 Å². The van der Waals surface area contributed by atoms with Crippen LogP contribution < -0.4 is 9.88 Å². The SMILES string of the molecule is NS(=O)(=O)c1ncc([N+](=O)[O-])c(C(F)F)c1OC(F)(F)F. The maximum Gasteiger partial charge on any atom is 0.573 e. The summed E-state index contributed by atoms with van der Waals surface area (Å²) in [7, 11) is -5.00. The number of hydrogen-bond donors (Lipinski definition) is 1. The highest BCUT2D eigenvalue weighted by Crippen LogP contribution is 2.41. The zero-order valence-corrected chi connectivity index (χ0v) is 10.3. The van der Waals surface area contributed by atoms with E-state index >= 15 is 0 Å². The zero-order valence-electron chi connectivity index (χ0n) is 9.47. The van der Waals surface area contributed by atoms with Crippen molar-refractivity contribution < 1.29 is 40.0 Å². The largest absolute Gasteiger partial charge is 0.573 e. The van der Waals surface area contributed by atoms with Crippen molar-refractivity contribution in [3.8, 4) is 5.75 Å². The topological polar surface area (TPSA) is 125 Å². The standard InChI is InChI=1S/C7H4F5N3O5S/c8-5(9)3-2(15(16)17)1-14-6(21(13,18)19)4(3)20-7(10,11)12/h1,5H,(H2,13,18,19). The molecule has 0 atom stereocenters. The lowest BCUT2D eigenvalue weighted by molar-refractivity contribution is -0.386. The Morgan fingerprint density at radius 3 is 2.24 bits per heavy atom. The fourth-order valence-electron chi connectivity index (χ4n) is 1.25. The number of rotatable bonds is 4. The summed E-state index contributed by atoms with van der Waals surface area (Å²) < 4.78 is 87.3. The van der Waals surface area contributed by atoms with Gasteiger partial charge in [-0.15, -0.1) is 13.2 Å².